The second-order valence-electron chi connectivity index (χ2n) is 11.7. The van der Waals surface area contributed by atoms with E-state index in [9.17, 15) is 4.79 Å². The van der Waals surface area contributed by atoms with Crippen molar-refractivity contribution in [3.8, 4) is 28.3 Å². The van der Waals surface area contributed by atoms with Crippen LogP contribution in [0, 0.1) is 33.5 Å². The molecule has 1 atom stereocenters. The fraction of sp³-hybridized carbons (Fsp3) is 0.229. The number of carbonyl (C=O) groups excluding carboxylic acids is 1. The Balaban J connectivity index is 1.22. The van der Waals surface area contributed by atoms with Crippen molar-refractivity contribution in [2.24, 2.45) is 7.05 Å². The van der Waals surface area contributed by atoms with Crippen LogP contribution in [-0.4, -0.2) is 42.3 Å². The molecular formula is C35H32FN7O2. The van der Waals surface area contributed by atoms with E-state index in [0.29, 0.717) is 29.2 Å². The smallest absolute Gasteiger partial charge is 0.256 e. The molecule has 0 fully saturated rings. The number of hydrogen-bond donors (Lipinski definition) is 1. The number of nitrogens with one attached hydrogen (secondary N) is 1. The fourth-order valence-electron chi connectivity index (χ4n) is 6.10. The number of anilines is 1. The van der Waals surface area contributed by atoms with E-state index >= 15 is 4.39 Å². The Kier molecular flexibility index (Phi) is 6.92. The summed E-state index contributed by atoms with van der Waals surface area (Å²) in [5.41, 5.74) is 9.04. The average Bonchev–Trinajstić information content (AvgIpc) is 3.69. The first kappa shape index (κ1) is 28.4. The molecule has 3 aromatic heterocycles. The Bertz CT molecular complexity index is 2130. The number of pyridine rings is 1. The predicted octanol–water partition coefficient (Wildman–Crippen LogP) is 6.89. The maximum Gasteiger partial charge on any atom is 0.256 e. The number of rotatable bonds is 5. The molecule has 0 unspecified atom stereocenters. The van der Waals surface area contributed by atoms with Crippen molar-refractivity contribution in [3.05, 3.63) is 106 Å². The lowest BCUT2D eigenvalue weighted by molar-refractivity contribution is 0.102. The standard InChI is InChI=1S/C35H32FN7O2/c1-19-12-21(3)34-28(13-19)32(10-11-45-34)43-18-31(40-41-43)27-14-24(7-9-29(27)36)38-35(44)26-15-30(23-16-37-42(5)17-23)39-33-22(4)20(2)6-8-25(26)33/h6-9,12-18,32H,10-11H2,1-5H3,(H,38,44)/t32-/m0/s1. The van der Waals surface area contributed by atoms with Gasteiger partial charge in [0.25, 0.3) is 5.91 Å². The molecule has 0 saturated carbocycles. The number of halogens is 1. The normalized spacial score (nSPS) is 14.3. The van der Waals surface area contributed by atoms with Crippen LogP contribution in [0.15, 0.2) is 67.1 Å². The first-order valence-corrected chi connectivity index (χ1v) is 14.8. The molecule has 7 rings (SSSR count). The van der Waals surface area contributed by atoms with Gasteiger partial charge in [-0.3, -0.25) is 9.48 Å². The Hall–Kier alpha value is -5.38. The second kappa shape index (κ2) is 11.0. The number of hydrogen-bond acceptors (Lipinski definition) is 6. The summed E-state index contributed by atoms with van der Waals surface area (Å²) in [5.74, 6) is 0.0745. The molecule has 226 valence electrons. The zero-order chi connectivity index (χ0) is 31.4. The average molecular weight is 602 g/mol. The van der Waals surface area contributed by atoms with Gasteiger partial charge in [0.1, 0.15) is 17.3 Å². The van der Waals surface area contributed by atoms with Crippen molar-refractivity contribution in [2.75, 3.05) is 11.9 Å². The number of benzene rings is 3. The molecule has 45 heavy (non-hydrogen) atoms. The minimum Gasteiger partial charge on any atom is -0.493 e. The van der Waals surface area contributed by atoms with E-state index in [0.717, 1.165) is 56.5 Å². The van der Waals surface area contributed by atoms with Gasteiger partial charge in [0, 0.05) is 47.4 Å². The number of carbonyl (C=O) groups is 1. The minimum absolute atomic E-state index is 0.0828. The number of ether oxygens (including phenoxy) is 1. The van der Waals surface area contributed by atoms with Gasteiger partial charge in [-0.15, -0.1) is 5.10 Å². The quantitative estimate of drug-likeness (QED) is 0.231. The Morgan fingerprint density at radius 2 is 1.84 bits per heavy atom. The molecule has 0 aliphatic carbocycles. The van der Waals surface area contributed by atoms with Gasteiger partial charge in [-0.25, -0.2) is 14.1 Å². The van der Waals surface area contributed by atoms with Gasteiger partial charge in [0.2, 0.25) is 0 Å². The van der Waals surface area contributed by atoms with Crippen molar-refractivity contribution in [3.63, 3.8) is 0 Å². The SMILES string of the molecule is Cc1cc(C)c2c(c1)[C@@H](n1cc(-c3cc(NC(=O)c4cc(-c5cnn(C)c5)nc5c(C)c(C)ccc45)ccc3F)nn1)CCO2. The summed E-state index contributed by atoms with van der Waals surface area (Å²) >= 11 is 0. The van der Waals surface area contributed by atoms with Crippen LogP contribution >= 0.6 is 0 Å². The van der Waals surface area contributed by atoms with Gasteiger partial charge in [-0.05, 0) is 68.7 Å². The number of aromatic nitrogens is 6. The van der Waals surface area contributed by atoms with Crippen molar-refractivity contribution >= 4 is 22.5 Å². The molecule has 0 saturated heterocycles. The van der Waals surface area contributed by atoms with Crippen LogP contribution in [0.5, 0.6) is 5.75 Å². The van der Waals surface area contributed by atoms with Crippen LogP contribution < -0.4 is 10.1 Å². The number of amides is 1. The molecule has 6 aromatic rings. The van der Waals surface area contributed by atoms with Gasteiger partial charge >= 0.3 is 0 Å². The van der Waals surface area contributed by atoms with E-state index < -0.39 is 5.82 Å². The number of fused-ring (bicyclic) bond motifs is 2. The molecule has 1 N–H and O–H groups in total. The van der Waals surface area contributed by atoms with E-state index in [4.69, 9.17) is 9.72 Å². The zero-order valence-electron chi connectivity index (χ0n) is 25.7. The lowest BCUT2D eigenvalue weighted by Crippen LogP contribution is -2.21. The van der Waals surface area contributed by atoms with E-state index in [1.807, 2.05) is 46.1 Å². The van der Waals surface area contributed by atoms with Crippen molar-refractivity contribution in [1.29, 1.82) is 0 Å². The van der Waals surface area contributed by atoms with Crippen LogP contribution in [0.4, 0.5) is 10.1 Å². The van der Waals surface area contributed by atoms with Gasteiger partial charge < -0.3 is 10.1 Å². The first-order chi connectivity index (χ1) is 21.7. The highest BCUT2D eigenvalue weighted by Gasteiger charge is 2.26. The molecule has 4 heterocycles. The van der Waals surface area contributed by atoms with E-state index in [-0.39, 0.29) is 17.5 Å². The summed E-state index contributed by atoms with van der Waals surface area (Å²) < 4.78 is 24.7. The minimum atomic E-state index is -0.460. The molecule has 3 aromatic carbocycles. The third-order valence-corrected chi connectivity index (χ3v) is 8.52. The Labute approximate surface area is 259 Å². The predicted molar refractivity (Wildman–Crippen MR) is 171 cm³/mol. The summed E-state index contributed by atoms with van der Waals surface area (Å²) in [6, 6.07) is 14.3. The van der Waals surface area contributed by atoms with Crippen LogP contribution in [0.3, 0.4) is 0 Å². The molecule has 10 heteroatoms. The zero-order valence-corrected chi connectivity index (χ0v) is 25.7. The highest BCUT2D eigenvalue weighted by molar-refractivity contribution is 6.13. The monoisotopic (exact) mass is 601 g/mol. The molecule has 1 aliphatic heterocycles. The largest absolute Gasteiger partial charge is 0.493 e. The maximum absolute atomic E-state index is 15.2. The molecule has 0 radical (unpaired) electrons. The highest BCUT2D eigenvalue weighted by Crippen LogP contribution is 2.38. The number of nitrogens with zero attached hydrogens (tertiary/aromatic N) is 6. The lowest BCUT2D eigenvalue weighted by atomic mass is 9.96. The summed E-state index contributed by atoms with van der Waals surface area (Å²) in [6.45, 7) is 8.66. The van der Waals surface area contributed by atoms with Crippen LogP contribution in [0.2, 0.25) is 0 Å². The molecule has 1 aliphatic rings. The van der Waals surface area contributed by atoms with Crippen LogP contribution in [0.1, 0.15) is 50.6 Å². The third-order valence-electron chi connectivity index (χ3n) is 8.52. The van der Waals surface area contributed by atoms with Gasteiger partial charge in [-0.2, -0.15) is 5.10 Å². The fourth-order valence-corrected chi connectivity index (χ4v) is 6.10. The van der Waals surface area contributed by atoms with Crippen LogP contribution in [0.25, 0.3) is 33.4 Å². The van der Waals surface area contributed by atoms with Gasteiger partial charge in [0.05, 0.1) is 41.8 Å². The molecule has 0 spiro atoms. The summed E-state index contributed by atoms with van der Waals surface area (Å²) in [4.78, 5) is 18.7. The Morgan fingerprint density at radius 3 is 2.64 bits per heavy atom. The Morgan fingerprint density at radius 1 is 1.00 bits per heavy atom. The van der Waals surface area contributed by atoms with Gasteiger partial charge in [0.15, 0.2) is 0 Å². The maximum atomic E-state index is 15.2. The van der Waals surface area contributed by atoms with Gasteiger partial charge in [-0.1, -0.05) is 35.0 Å². The topological polar surface area (TPSA) is 99.8 Å². The molecule has 9 nitrogen and oxygen atoms in total. The summed E-state index contributed by atoms with van der Waals surface area (Å²) in [5, 5.41) is 16.7. The van der Waals surface area contributed by atoms with Crippen molar-refractivity contribution in [2.45, 2.75) is 40.2 Å². The van der Waals surface area contributed by atoms with Crippen molar-refractivity contribution in [1.82, 2.24) is 29.8 Å². The molecule has 1 amide bonds. The van der Waals surface area contributed by atoms with Crippen LogP contribution in [-0.2, 0) is 7.05 Å². The van der Waals surface area contributed by atoms with E-state index in [2.05, 4.69) is 39.8 Å². The lowest BCUT2D eigenvalue weighted by Gasteiger charge is -2.27. The van der Waals surface area contributed by atoms with E-state index in [1.165, 1.54) is 6.07 Å². The summed E-state index contributed by atoms with van der Waals surface area (Å²) in [7, 11) is 1.84. The first-order valence-electron chi connectivity index (χ1n) is 14.8. The molecule has 0 bridgehead atoms. The third kappa shape index (κ3) is 5.12. The molecular weight excluding hydrogens is 569 g/mol. The van der Waals surface area contributed by atoms with E-state index in [1.54, 1.807) is 40.0 Å². The highest BCUT2D eigenvalue weighted by atomic mass is 19.1. The number of aryl methyl sites for hydroxylation is 5. The summed E-state index contributed by atoms with van der Waals surface area (Å²) in [6.07, 6.45) is 6.06. The second-order valence-corrected chi connectivity index (χ2v) is 11.7. The van der Waals surface area contributed by atoms with Crippen molar-refractivity contribution < 1.29 is 13.9 Å².